The molecule has 2 rings (SSSR count). The molecule has 1 heterocycles. The molecular formula is C16H21NO4S2. The second-order valence-corrected chi connectivity index (χ2v) is 8.59. The summed E-state index contributed by atoms with van der Waals surface area (Å²) in [5, 5.41) is 10.3. The van der Waals surface area contributed by atoms with Crippen LogP contribution in [0.25, 0.3) is 0 Å². The molecule has 0 aliphatic carbocycles. The molecule has 5 nitrogen and oxygen atoms in total. The Morgan fingerprint density at radius 2 is 1.87 bits per heavy atom. The molecule has 1 aromatic heterocycles. The van der Waals surface area contributed by atoms with Gasteiger partial charge in [-0.15, -0.1) is 11.3 Å². The molecule has 0 fully saturated rings. The zero-order valence-electron chi connectivity index (χ0n) is 13.4. The Morgan fingerprint density at radius 3 is 2.39 bits per heavy atom. The number of benzene rings is 1. The average Bonchev–Trinajstić information content (AvgIpc) is 3.04. The minimum absolute atomic E-state index is 0.00593. The van der Waals surface area contributed by atoms with Crippen molar-refractivity contribution >= 4 is 21.4 Å². The van der Waals surface area contributed by atoms with Gasteiger partial charge in [0.15, 0.2) is 0 Å². The van der Waals surface area contributed by atoms with Gasteiger partial charge in [-0.1, -0.05) is 19.1 Å². The smallest absolute Gasteiger partial charge is 0.252 e. The Labute approximate surface area is 141 Å². The summed E-state index contributed by atoms with van der Waals surface area (Å²) in [4.78, 5) is 1.02. The SMILES string of the molecule is CCc1ccc(S(=O)(=O)N(C)CC(O)c2ccc(OC)cc2)s1. The second-order valence-electron chi connectivity index (χ2n) is 5.15. The van der Waals surface area contributed by atoms with E-state index in [1.165, 1.54) is 22.7 Å². The number of rotatable bonds is 7. The lowest BCUT2D eigenvalue weighted by Gasteiger charge is -2.20. The quantitative estimate of drug-likeness (QED) is 0.829. The maximum Gasteiger partial charge on any atom is 0.252 e. The van der Waals surface area contributed by atoms with Gasteiger partial charge in [0.1, 0.15) is 9.96 Å². The highest BCUT2D eigenvalue weighted by Gasteiger charge is 2.25. The molecule has 0 spiro atoms. The maximum absolute atomic E-state index is 12.5. The molecule has 0 saturated carbocycles. The number of aryl methyl sites for hydroxylation is 1. The summed E-state index contributed by atoms with van der Waals surface area (Å²) in [6, 6.07) is 10.4. The van der Waals surface area contributed by atoms with Crippen molar-refractivity contribution in [2.24, 2.45) is 0 Å². The molecule has 0 radical (unpaired) electrons. The Hall–Kier alpha value is -1.41. The van der Waals surface area contributed by atoms with Crippen LogP contribution in [0.3, 0.4) is 0 Å². The predicted molar refractivity (Wildman–Crippen MR) is 91.5 cm³/mol. The summed E-state index contributed by atoms with van der Waals surface area (Å²) in [6.45, 7) is 1.98. The fourth-order valence-corrected chi connectivity index (χ4v) is 4.80. The first-order chi connectivity index (χ1) is 10.9. The molecule has 1 unspecified atom stereocenters. The minimum Gasteiger partial charge on any atom is -0.497 e. The van der Waals surface area contributed by atoms with Crippen LogP contribution in [0.4, 0.5) is 0 Å². The monoisotopic (exact) mass is 355 g/mol. The molecule has 0 amide bonds. The lowest BCUT2D eigenvalue weighted by atomic mass is 10.1. The number of ether oxygens (including phenoxy) is 1. The largest absolute Gasteiger partial charge is 0.497 e. The average molecular weight is 355 g/mol. The van der Waals surface area contributed by atoms with Crippen molar-refractivity contribution in [1.29, 1.82) is 0 Å². The number of nitrogens with zero attached hydrogens (tertiary/aromatic N) is 1. The first-order valence-electron chi connectivity index (χ1n) is 7.25. The van der Waals surface area contributed by atoms with Crippen LogP contribution in [-0.4, -0.2) is 38.5 Å². The van der Waals surface area contributed by atoms with Crippen LogP contribution < -0.4 is 4.74 Å². The number of thiophene rings is 1. The van der Waals surface area contributed by atoms with Gasteiger partial charge in [-0.05, 0) is 36.2 Å². The Bertz CT molecular complexity index is 738. The Kier molecular flexibility index (Phi) is 5.80. The van der Waals surface area contributed by atoms with Crippen LogP contribution in [0.15, 0.2) is 40.6 Å². The molecule has 1 aromatic carbocycles. The number of hydrogen-bond acceptors (Lipinski definition) is 5. The van der Waals surface area contributed by atoms with E-state index in [1.807, 2.05) is 13.0 Å². The third kappa shape index (κ3) is 4.11. The van der Waals surface area contributed by atoms with Gasteiger partial charge in [-0.2, -0.15) is 4.31 Å². The summed E-state index contributed by atoms with van der Waals surface area (Å²) in [6.07, 6.45) is -0.0930. The van der Waals surface area contributed by atoms with Crippen molar-refractivity contribution in [2.75, 3.05) is 20.7 Å². The topological polar surface area (TPSA) is 66.8 Å². The predicted octanol–water partition coefficient (Wildman–Crippen LogP) is 2.67. The van der Waals surface area contributed by atoms with Gasteiger partial charge in [0.25, 0.3) is 10.0 Å². The van der Waals surface area contributed by atoms with E-state index in [0.29, 0.717) is 15.5 Å². The van der Waals surface area contributed by atoms with Gasteiger partial charge in [-0.3, -0.25) is 0 Å². The van der Waals surface area contributed by atoms with Crippen molar-refractivity contribution in [3.05, 3.63) is 46.8 Å². The molecular weight excluding hydrogens is 334 g/mol. The summed E-state index contributed by atoms with van der Waals surface area (Å²) in [7, 11) is -0.531. The fourth-order valence-electron chi connectivity index (χ4n) is 2.11. The van der Waals surface area contributed by atoms with Crippen LogP contribution in [0.2, 0.25) is 0 Å². The van der Waals surface area contributed by atoms with E-state index in [0.717, 1.165) is 11.3 Å². The van der Waals surface area contributed by atoms with Crippen LogP contribution in [0, 0.1) is 0 Å². The molecule has 7 heteroatoms. The highest BCUT2D eigenvalue weighted by Crippen LogP contribution is 2.26. The molecule has 1 atom stereocenters. The Morgan fingerprint density at radius 1 is 1.22 bits per heavy atom. The van der Waals surface area contributed by atoms with Crippen molar-refractivity contribution in [2.45, 2.75) is 23.7 Å². The fraction of sp³-hybridized carbons (Fsp3) is 0.375. The van der Waals surface area contributed by atoms with E-state index in [9.17, 15) is 13.5 Å². The molecule has 0 bridgehead atoms. The van der Waals surface area contributed by atoms with Gasteiger partial charge < -0.3 is 9.84 Å². The van der Waals surface area contributed by atoms with E-state index in [1.54, 1.807) is 37.4 Å². The number of hydrogen-bond donors (Lipinski definition) is 1. The highest BCUT2D eigenvalue weighted by atomic mass is 32.2. The number of aliphatic hydroxyl groups is 1. The summed E-state index contributed by atoms with van der Waals surface area (Å²) in [5.74, 6) is 0.688. The number of likely N-dealkylation sites (N-methyl/N-ethyl adjacent to an activating group) is 1. The van der Waals surface area contributed by atoms with E-state index in [-0.39, 0.29) is 6.54 Å². The molecule has 126 valence electrons. The van der Waals surface area contributed by atoms with Crippen LogP contribution in [-0.2, 0) is 16.4 Å². The lowest BCUT2D eigenvalue weighted by Crippen LogP contribution is -2.30. The minimum atomic E-state index is -3.58. The van der Waals surface area contributed by atoms with Gasteiger partial charge in [0.05, 0.1) is 13.2 Å². The van der Waals surface area contributed by atoms with E-state index in [2.05, 4.69) is 0 Å². The van der Waals surface area contributed by atoms with Crippen LogP contribution in [0.1, 0.15) is 23.5 Å². The van der Waals surface area contributed by atoms with E-state index >= 15 is 0 Å². The third-order valence-electron chi connectivity index (χ3n) is 3.58. The lowest BCUT2D eigenvalue weighted by molar-refractivity contribution is 0.155. The van der Waals surface area contributed by atoms with Gasteiger partial charge in [-0.25, -0.2) is 8.42 Å². The van der Waals surface area contributed by atoms with E-state index < -0.39 is 16.1 Å². The summed E-state index contributed by atoms with van der Waals surface area (Å²) in [5.41, 5.74) is 0.647. The maximum atomic E-state index is 12.5. The van der Waals surface area contributed by atoms with Crippen LogP contribution >= 0.6 is 11.3 Å². The molecule has 0 saturated heterocycles. The first kappa shape index (κ1) is 17.9. The van der Waals surface area contributed by atoms with Crippen molar-refractivity contribution in [3.63, 3.8) is 0 Å². The Balaban J connectivity index is 2.11. The zero-order valence-corrected chi connectivity index (χ0v) is 15.0. The molecule has 0 aliphatic rings. The van der Waals surface area contributed by atoms with Crippen LogP contribution in [0.5, 0.6) is 5.75 Å². The standard InChI is InChI=1S/C16H21NO4S2/c1-4-14-9-10-16(22-14)23(19,20)17(2)11-15(18)12-5-7-13(21-3)8-6-12/h5-10,15,18H,4,11H2,1-3H3. The number of sulfonamides is 1. The third-order valence-corrected chi connectivity index (χ3v) is 7.10. The number of methoxy groups -OCH3 is 1. The molecule has 2 aromatic rings. The van der Waals surface area contributed by atoms with Gasteiger partial charge >= 0.3 is 0 Å². The first-order valence-corrected chi connectivity index (χ1v) is 9.51. The highest BCUT2D eigenvalue weighted by molar-refractivity contribution is 7.91. The molecule has 0 aliphatic heterocycles. The molecule has 23 heavy (non-hydrogen) atoms. The molecule has 1 N–H and O–H groups in total. The van der Waals surface area contributed by atoms with Crippen molar-refractivity contribution in [1.82, 2.24) is 4.31 Å². The van der Waals surface area contributed by atoms with Crippen molar-refractivity contribution in [3.8, 4) is 5.75 Å². The van der Waals surface area contributed by atoms with Crippen molar-refractivity contribution < 1.29 is 18.3 Å². The van der Waals surface area contributed by atoms with Gasteiger partial charge in [0, 0.05) is 18.5 Å². The zero-order chi connectivity index (χ0) is 17.0. The normalized spacial score (nSPS) is 13.3. The van der Waals surface area contributed by atoms with E-state index in [4.69, 9.17) is 4.74 Å². The summed E-state index contributed by atoms with van der Waals surface area (Å²) < 4.78 is 31.6. The van der Waals surface area contributed by atoms with Gasteiger partial charge in [0.2, 0.25) is 0 Å². The summed E-state index contributed by atoms with van der Waals surface area (Å²) >= 11 is 1.27. The number of aliphatic hydroxyl groups excluding tert-OH is 1. The second kappa shape index (κ2) is 7.44.